The van der Waals surface area contributed by atoms with Crippen molar-refractivity contribution >= 4 is 27.5 Å². The van der Waals surface area contributed by atoms with Crippen molar-refractivity contribution in [3.05, 3.63) is 61.2 Å². The molecule has 2 aromatic carbocycles. The summed E-state index contributed by atoms with van der Waals surface area (Å²) in [5.41, 5.74) is 0.540. The van der Waals surface area contributed by atoms with Gasteiger partial charge in [0.15, 0.2) is 0 Å². The summed E-state index contributed by atoms with van der Waals surface area (Å²) in [6.07, 6.45) is 3.51. The Morgan fingerprint density at radius 3 is 2.48 bits per heavy atom. The molecule has 0 heterocycles. The highest BCUT2D eigenvalue weighted by Crippen LogP contribution is 2.27. The van der Waals surface area contributed by atoms with Crippen molar-refractivity contribution in [2.75, 3.05) is 24.2 Å². The fraction of sp³-hybridized carbons (Fsp3) is 0.176. The Morgan fingerprint density at radius 1 is 1.22 bits per heavy atom. The van der Waals surface area contributed by atoms with Crippen molar-refractivity contribution < 1.29 is 13.2 Å². The standard InChI is InChI=1S/C17H19NO3S2/c1-4-12-18(14-6-5-7-15(13-14)21-2)23(19,20)17-10-8-16(22-3)9-11-17/h4-11,13H,1,12H2,2-3H3. The van der Waals surface area contributed by atoms with Crippen LogP contribution in [-0.4, -0.2) is 28.3 Å². The molecule has 0 radical (unpaired) electrons. The van der Waals surface area contributed by atoms with Gasteiger partial charge in [0.1, 0.15) is 5.75 Å². The predicted molar refractivity (Wildman–Crippen MR) is 95.9 cm³/mol. The molecule has 0 atom stereocenters. The molecule has 0 aliphatic heterocycles. The van der Waals surface area contributed by atoms with Crippen molar-refractivity contribution in [1.29, 1.82) is 0 Å². The molecule has 0 bridgehead atoms. The molecule has 4 nitrogen and oxygen atoms in total. The zero-order valence-corrected chi connectivity index (χ0v) is 14.7. The van der Waals surface area contributed by atoms with Gasteiger partial charge in [0.05, 0.1) is 24.2 Å². The fourth-order valence-electron chi connectivity index (χ4n) is 2.10. The van der Waals surface area contributed by atoms with Gasteiger partial charge in [-0.1, -0.05) is 12.1 Å². The lowest BCUT2D eigenvalue weighted by Gasteiger charge is -2.23. The van der Waals surface area contributed by atoms with Gasteiger partial charge in [-0.2, -0.15) is 0 Å². The normalized spacial score (nSPS) is 11.0. The number of thioether (sulfide) groups is 1. The first-order valence-electron chi connectivity index (χ1n) is 6.94. The van der Waals surface area contributed by atoms with E-state index < -0.39 is 10.0 Å². The maximum Gasteiger partial charge on any atom is 0.264 e. The quantitative estimate of drug-likeness (QED) is 0.563. The third kappa shape index (κ3) is 3.89. The zero-order valence-electron chi connectivity index (χ0n) is 13.1. The van der Waals surface area contributed by atoms with E-state index in [9.17, 15) is 8.42 Å². The SMILES string of the molecule is C=CCN(c1cccc(OC)c1)S(=O)(=O)c1ccc(SC)cc1. The predicted octanol–water partition coefficient (Wildman–Crippen LogP) is 3.80. The second-order valence-electron chi connectivity index (χ2n) is 4.70. The van der Waals surface area contributed by atoms with Crippen LogP contribution in [-0.2, 0) is 10.0 Å². The van der Waals surface area contributed by atoms with Crippen LogP contribution in [0.3, 0.4) is 0 Å². The molecule has 0 spiro atoms. The highest BCUT2D eigenvalue weighted by Gasteiger charge is 2.24. The molecule has 6 heteroatoms. The lowest BCUT2D eigenvalue weighted by Crippen LogP contribution is -2.31. The van der Waals surface area contributed by atoms with Crippen molar-refractivity contribution in [2.24, 2.45) is 0 Å². The van der Waals surface area contributed by atoms with Crippen LogP contribution in [0.4, 0.5) is 5.69 Å². The van der Waals surface area contributed by atoms with E-state index in [1.807, 2.05) is 6.26 Å². The first-order valence-corrected chi connectivity index (χ1v) is 9.61. The van der Waals surface area contributed by atoms with Crippen molar-refractivity contribution in [3.8, 4) is 5.75 Å². The summed E-state index contributed by atoms with van der Waals surface area (Å²) in [6.45, 7) is 3.84. The van der Waals surface area contributed by atoms with E-state index in [1.54, 1.807) is 73.5 Å². The number of nitrogens with zero attached hydrogens (tertiary/aromatic N) is 1. The summed E-state index contributed by atoms with van der Waals surface area (Å²) in [5, 5.41) is 0. The van der Waals surface area contributed by atoms with Crippen molar-refractivity contribution in [3.63, 3.8) is 0 Å². The molecule has 23 heavy (non-hydrogen) atoms. The zero-order chi connectivity index (χ0) is 16.9. The Morgan fingerprint density at radius 2 is 1.91 bits per heavy atom. The van der Waals surface area contributed by atoms with E-state index in [1.165, 1.54) is 4.31 Å². The number of methoxy groups -OCH3 is 1. The van der Waals surface area contributed by atoms with E-state index in [-0.39, 0.29) is 11.4 Å². The minimum Gasteiger partial charge on any atom is -0.497 e. The molecule has 0 amide bonds. The summed E-state index contributed by atoms with van der Waals surface area (Å²) < 4.78 is 32.4. The summed E-state index contributed by atoms with van der Waals surface area (Å²) >= 11 is 1.57. The molecule has 0 aliphatic rings. The van der Waals surface area contributed by atoms with Crippen molar-refractivity contribution in [1.82, 2.24) is 0 Å². The average Bonchev–Trinajstić information content (AvgIpc) is 2.59. The lowest BCUT2D eigenvalue weighted by molar-refractivity contribution is 0.415. The first kappa shape index (κ1) is 17.4. The number of sulfonamides is 1. The van der Waals surface area contributed by atoms with Gasteiger partial charge in [0.25, 0.3) is 10.0 Å². The monoisotopic (exact) mass is 349 g/mol. The Hall–Kier alpha value is -1.92. The highest BCUT2D eigenvalue weighted by molar-refractivity contribution is 7.98. The highest BCUT2D eigenvalue weighted by atomic mass is 32.2. The van der Waals surface area contributed by atoms with Gasteiger partial charge in [-0.3, -0.25) is 4.31 Å². The van der Waals surface area contributed by atoms with Crippen LogP contribution in [0, 0.1) is 0 Å². The van der Waals surface area contributed by atoms with Crippen LogP contribution < -0.4 is 9.04 Å². The van der Waals surface area contributed by atoms with Crippen LogP contribution >= 0.6 is 11.8 Å². The van der Waals surface area contributed by atoms with Crippen LogP contribution in [0.1, 0.15) is 0 Å². The van der Waals surface area contributed by atoms with Gasteiger partial charge in [0.2, 0.25) is 0 Å². The van der Waals surface area contributed by atoms with Gasteiger partial charge in [-0.25, -0.2) is 8.42 Å². The molecule has 0 aliphatic carbocycles. The van der Waals surface area contributed by atoms with Gasteiger partial charge in [-0.05, 0) is 42.7 Å². The number of hydrogen-bond acceptors (Lipinski definition) is 4. The third-order valence-corrected chi connectivity index (χ3v) is 5.84. The van der Waals surface area contributed by atoms with Crippen LogP contribution in [0.2, 0.25) is 0 Å². The molecule has 0 aromatic heterocycles. The van der Waals surface area contributed by atoms with Crippen LogP contribution in [0.25, 0.3) is 0 Å². The molecule has 0 saturated carbocycles. The van der Waals surface area contributed by atoms with E-state index >= 15 is 0 Å². The van der Waals surface area contributed by atoms with E-state index in [0.29, 0.717) is 11.4 Å². The molecule has 0 N–H and O–H groups in total. The maximum absolute atomic E-state index is 13.0. The first-order chi connectivity index (χ1) is 11.0. The number of hydrogen-bond donors (Lipinski definition) is 0. The Balaban J connectivity index is 2.47. The molecule has 0 saturated heterocycles. The minimum atomic E-state index is -3.67. The van der Waals surface area contributed by atoms with E-state index in [2.05, 4.69) is 6.58 Å². The minimum absolute atomic E-state index is 0.180. The smallest absolute Gasteiger partial charge is 0.264 e. The Kier molecular flexibility index (Phi) is 5.74. The molecule has 2 rings (SSSR count). The molecular formula is C17H19NO3S2. The molecular weight excluding hydrogens is 330 g/mol. The average molecular weight is 349 g/mol. The van der Waals surface area contributed by atoms with Gasteiger partial charge >= 0.3 is 0 Å². The van der Waals surface area contributed by atoms with Crippen LogP contribution in [0.5, 0.6) is 5.75 Å². The van der Waals surface area contributed by atoms with E-state index in [4.69, 9.17) is 4.74 Å². The molecule has 0 unspecified atom stereocenters. The number of ether oxygens (including phenoxy) is 1. The largest absolute Gasteiger partial charge is 0.497 e. The topological polar surface area (TPSA) is 46.6 Å². The van der Waals surface area contributed by atoms with Gasteiger partial charge in [-0.15, -0.1) is 18.3 Å². The van der Waals surface area contributed by atoms with Crippen molar-refractivity contribution in [2.45, 2.75) is 9.79 Å². The third-order valence-electron chi connectivity index (χ3n) is 3.28. The number of benzene rings is 2. The molecule has 122 valence electrons. The lowest BCUT2D eigenvalue weighted by atomic mass is 10.3. The van der Waals surface area contributed by atoms with Crippen LogP contribution in [0.15, 0.2) is 71.0 Å². The second kappa shape index (κ2) is 7.57. The number of anilines is 1. The summed E-state index contributed by atoms with van der Waals surface area (Å²) in [5.74, 6) is 0.601. The Labute approximate surface area is 141 Å². The summed E-state index contributed by atoms with van der Waals surface area (Å²) in [6, 6.07) is 13.8. The summed E-state index contributed by atoms with van der Waals surface area (Å²) in [4.78, 5) is 1.26. The molecule has 0 fully saturated rings. The Bertz CT molecular complexity index is 771. The molecule has 2 aromatic rings. The second-order valence-corrected chi connectivity index (χ2v) is 7.44. The summed E-state index contributed by atoms with van der Waals surface area (Å²) in [7, 11) is -2.12. The number of rotatable bonds is 7. The van der Waals surface area contributed by atoms with Gasteiger partial charge in [0, 0.05) is 11.0 Å². The maximum atomic E-state index is 13.0. The van der Waals surface area contributed by atoms with Gasteiger partial charge < -0.3 is 4.74 Å². The fourth-order valence-corrected chi connectivity index (χ4v) is 3.94. The van der Waals surface area contributed by atoms with E-state index in [0.717, 1.165) is 4.90 Å².